The number of benzene rings is 1. The van der Waals surface area contributed by atoms with Crippen molar-refractivity contribution in [1.82, 2.24) is 15.2 Å². The average Bonchev–Trinajstić information content (AvgIpc) is 3.07. The Labute approximate surface area is 126 Å². The van der Waals surface area contributed by atoms with E-state index in [1.807, 2.05) is 18.2 Å². The molecule has 3 rings (SSSR count). The van der Waals surface area contributed by atoms with Crippen molar-refractivity contribution in [2.24, 2.45) is 0 Å². The van der Waals surface area contributed by atoms with Crippen molar-refractivity contribution >= 4 is 33.8 Å². The van der Waals surface area contributed by atoms with Crippen LogP contribution in [0.4, 0.5) is 5.69 Å². The summed E-state index contributed by atoms with van der Waals surface area (Å²) < 4.78 is 0. The fourth-order valence-electron chi connectivity index (χ4n) is 1.98. The summed E-state index contributed by atoms with van der Waals surface area (Å²) >= 11 is 1.43. The average molecular weight is 300 g/mol. The van der Waals surface area contributed by atoms with Gasteiger partial charge >= 0.3 is 0 Å². The summed E-state index contributed by atoms with van der Waals surface area (Å²) in [4.78, 5) is 17.3. The highest BCUT2D eigenvalue weighted by molar-refractivity contribution is 7.13. The summed E-state index contributed by atoms with van der Waals surface area (Å²) in [5, 5.41) is 11.7. The predicted octanol–water partition coefficient (Wildman–Crippen LogP) is 3.57. The van der Waals surface area contributed by atoms with Crippen molar-refractivity contribution < 1.29 is 4.79 Å². The highest BCUT2D eigenvalue weighted by Crippen LogP contribution is 2.28. The number of H-pyrrole nitrogens is 1. The van der Waals surface area contributed by atoms with E-state index in [0.29, 0.717) is 4.88 Å². The van der Waals surface area contributed by atoms with Crippen molar-refractivity contribution in [3.8, 4) is 0 Å². The van der Waals surface area contributed by atoms with E-state index in [4.69, 9.17) is 0 Å². The van der Waals surface area contributed by atoms with E-state index in [9.17, 15) is 4.79 Å². The molecular weight excluding hydrogens is 284 g/mol. The molecule has 0 fully saturated rings. The molecule has 0 saturated carbocycles. The van der Waals surface area contributed by atoms with E-state index in [1.54, 1.807) is 12.4 Å². The molecule has 2 heterocycles. The normalized spacial score (nSPS) is 11.8. The fraction of sp³-hybridized carbons (Fsp3) is 0.267. The number of hydrogen-bond acceptors (Lipinski definition) is 4. The topological polar surface area (TPSA) is 70.7 Å². The third kappa shape index (κ3) is 2.67. The number of amides is 1. The summed E-state index contributed by atoms with van der Waals surface area (Å²) in [6.45, 7) is 6.25. The Balaban J connectivity index is 1.86. The molecule has 3 aromatic rings. The van der Waals surface area contributed by atoms with Crippen LogP contribution in [-0.4, -0.2) is 21.1 Å². The zero-order chi connectivity index (χ0) is 15.0. The number of aromatic amines is 1. The Morgan fingerprint density at radius 1 is 1.29 bits per heavy atom. The molecule has 2 aromatic heterocycles. The largest absolute Gasteiger partial charge is 0.319 e. The number of rotatable bonds is 2. The molecule has 6 heteroatoms. The van der Waals surface area contributed by atoms with Gasteiger partial charge in [-0.05, 0) is 6.07 Å². The smallest absolute Gasteiger partial charge is 0.267 e. The lowest BCUT2D eigenvalue weighted by atomic mass is 9.98. The summed E-state index contributed by atoms with van der Waals surface area (Å²) in [5.74, 6) is -0.148. The number of aromatic nitrogens is 3. The maximum Gasteiger partial charge on any atom is 0.267 e. The second-order valence-electron chi connectivity index (χ2n) is 5.87. The first-order valence-electron chi connectivity index (χ1n) is 6.65. The van der Waals surface area contributed by atoms with Crippen molar-refractivity contribution in [2.75, 3.05) is 5.32 Å². The van der Waals surface area contributed by atoms with Gasteiger partial charge in [0.05, 0.1) is 28.6 Å². The Morgan fingerprint density at radius 3 is 2.81 bits per heavy atom. The SMILES string of the molecule is CC(C)(C)c1ncc(C(=O)Nc2cccc3cn[nH]c23)s1. The van der Waals surface area contributed by atoms with Gasteiger partial charge in [-0.1, -0.05) is 32.9 Å². The zero-order valence-electron chi connectivity index (χ0n) is 12.1. The first kappa shape index (κ1) is 13.8. The maximum atomic E-state index is 12.3. The molecule has 1 aromatic carbocycles. The number of para-hydroxylation sites is 1. The molecule has 0 aliphatic carbocycles. The molecule has 0 aliphatic heterocycles. The molecule has 0 atom stereocenters. The van der Waals surface area contributed by atoms with Gasteiger partial charge in [0.15, 0.2) is 0 Å². The zero-order valence-corrected chi connectivity index (χ0v) is 12.9. The summed E-state index contributed by atoms with van der Waals surface area (Å²) in [6.07, 6.45) is 3.36. The number of thiazole rings is 1. The van der Waals surface area contributed by atoms with E-state index in [2.05, 4.69) is 41.3 Å². The fourth-order valence-corrected chi connectivity index (χ4v) is 2.85. The second-order valence-corrected chi connectivity index (χ2v) is 6.90. The van der Waals surface area contributed by atoms with Crippen molar-refractivity contribution in [3.05, 3.63) is 40.5 Å². The Morgan fingerprint density at radius 2 is 2.10 bits per heavy atom. The molecule has 0 unspecified atom stereocenters. The van der Waals surface area contributed by atoms with E-state index < -0.39 is 0 Å². The molecule has 0 aliphatic rings. The lowest BCUT2D eigenvalue weighted by Crippen LogP contribution is -2.11. The van der Waals surface area contributed by atoms with E-state index >= 15 is 0 Å². The van der Waals surface area contributed by atoms with Gasteiger partial charge in [-0.3, -0.25) is 9.89 Å². The molecule has 0 saturated heterocycles. The van der Waals surface area contributed by atoms with Gasteiger partial charge in [0.1, 0.15) is 4.88 Å². The summed E-state index contributed by atoms with van der Waals surface area (Å²) in [7, 11) is 0. The number of fused-ring (bicyclic) bond motifs is 1. The second kappa shape index (κ2) is 4.96. The Hall–Kier alpha value is -2.21. The first-order chi connectivity index (χ1) is 9.95. The van der Waals surface area contributed by atoms with Gasteiger partial charge in [0, 0.05) is 10.8 Å². The molecule has 0 radical (unpaired) electrons. The van der Waals surface area contributed by atoms with E-state index in [-0.39, 0.29) is 11.3 Å². The van der Waals surface area contributed by atoms with Crippen LogP contribution in [0.5, 0.6) is 0 Å². The Kier molecular flexibility index (Phi) is 3.25. The number of nitrogens with one attached hydrogen (secondary N) is 2. The van der Waals surface area contributed by atoms with Gasteiger partial charge in [-0.2, -0.15) is 5.10 Å². The Bertz CT molecular complexity index is 797. The molecule has 1 amide bonds. The van der Waals surface area contributed by atoms with Crippen LogP contribution in [0.2, 0.25) is 0 Å². The number of carbonyl (C=O) groups is 1. The number of anilines is 1. The van der Waals surface area contributed by atoms with Gasteiger partial charge < -0.3 is 5.32 Å². The molecule has 5 nitrogen and oxygen atoms in total. The van der Waals surface area contributed by atoms with Crippen molar-refractivity contribution in [3.63, 3.8) is 0 Å². The standard InChI is InChI=1S/C15H16N4OS/c1-15(2,3)14-16-8-11(21-14)13(20)18-10-6-4-5-9-7-17-19-12(9)10/h4-8H,1-3H3,(H,17,19)(H,18,20). The minimum Gasteiger partial charge on any atom is -0.319 e. The lowest BCUT2D eigenvalue weighted by molar-refractivity contribution is 0.103. The maximum absolute atomic E-state index is 12.3. The van der Waals surface area contributed by atoms with Crippen LogP contribution in [0.3, 0.4) is 0 Å². The number of carbonyl (C=O) groups excluding carboxylic acids is 1. The van der Waals surface area contributed by atoms with E-state index in [1.165, 1.54) is 11.3 Å². The van der Waals surface area contributed by atoms with E-state index in [0.717, 1.165) is 21.6 Å². The minimum absolute atomic E-state index is 0.0490. The molecule has 2 N–H and O–H groups in total. The molecule has 0 bridgehead atoms. The van der Waals surface area contributed by atoms with Crippen LogP contribution in [0, 0.1) is 0 Å². The van der Waals surface area contributed by atoms with Crippen LogP contribution in [-0.2, 0) is 5.41 Å². The van der Waals surface area contributed by atoms with Gasteiger partial charge in [-0.15, -0.1) is 11.3 Å². The lowest BCUT2D eigenvalue weighted by Gasteiger charge is -2.13. The van der Waals surface area contributed by atoms with Crippen LogP contribution in [0.1, 0.15) is 35.5 Å². The molecule has 108 valence electrons. The van der Waals surface area contributed by atoms with Gasteiger partial charge in [-0.25, -0.2) is 4.98 Å². The summed E-state index contributed by atoms with van der Waals surface area (Å²) in [5.41, 5.74) is 1.50. The van der Waals surface area contributed by atoms with Crippen molar-refractivity contribution in [2.45, 2.75) is 26.2 Å². The van der Waals surface area contributed by atoms with Gasteiger partial charge in [0.2, 0.25) is 0 Å². The molecular formula is C15H16N4OS. The van der Waals surface area contributed by atoms with Crippen molar-refractivity contribution in [1.29, 1.82) is 0 Å². The van der Waals surface area contributed by atoms with Crippen LogP contribution in [0.25, 0.3) is 10.9 Å². The first-order valence-corrected chi connectivity index (χ1v) is 7.46. The quantitative estimate of drug-likeness (QED) is 0.760. The molecule has 21 heavy (non-hydrogen) atoms. The number of nitrogens with zero attached hydrogens (tertiary/aromatic N) is 2. The third-order valence-corrected chi connectivity index (χ3v) is 4.52. The minimum atomic E-state index is -0.148. The monoisotopic (exact) mass is 300 g/mol. The predicted molar refractivity (Wildman–Crippen MR) is 84.9 cm³/mol. The summed E-state index contributed by atoms with van der Waals surface area (Å²) in [6, 6.07) is 5.68. The van der Waals surface area contributed by atoms with Crippen LogP contribution < -0.4 is 5.32 Å². The van der Waals surface area contributed by atoms with Crippen LogP contribution in [0.15, 0.2) is 30.6 Å². The van der Waals surface area contributed by atoms with Gasteiger partial charge in [0.25, 0.3) is 5.91 Å². The third-order valence-electron chi connectivity index (χ3n) is 3.10. The molecule has 0 spiro atoms. The van der Waals surface area contributed by atoms with Crippen LogP contribution >= 0.6 is 11.3 Å². The highest BCUT2D eigenvalue weighted by Gasteiger charge is 2.20. The number of hydrogen-bond donors (Lipinski definition) is 2. The highest BCUT2D eigenvalue weighted by atomic mass is 32.1.